The number of hydrogen-bond donors (Lipinski definition) is 6. The van der Waals surface area contributed by atoms with E-state index in [2.05, 4.69) is 114 Å². The number of hydrogen-bond acceptors (Lipinski definition) is 12. The summed E-state index contributed by atoms with van der Waals surface area (Å²) in [4.78, 5) is 7.20. The summed E-state index contributed by atoms with van der Waals surface area (Å²) in [6, 6.07) is 11.7. The standard InChI is InChI=1S/3C15H23NO2.C9H21N3.2Fe/c3*1-14(2,3)11-7-10(9-16-18)13(17)12(8-11)15(4,5)6;1-10-4-6-11(2)8-9-12(3)7-5-10;;/h3*7-9,17-18H,1-6H3;4-9H2,1-3H3;;/q;;;;;+3. The van der Waals surface area contributed by atoms with Crippen LogP contribution in [0.2, 0.25) is 0 Å². The second-order valence-corrected chi connectivity index (χ2v) is 24.0. The molecule has 1 heterocycles. The van der Waals surface area contributed by atoms with E-state index in [-0.39, 0.29) is 83.9 Å². The molecule has 3 aromatic rings. The Morgan fingerprint density at radius 1 is 0.368 bits per heavy atom. The summed E-state index contributed by atoms with van der Waals surface area (Å²) < 4.78 is 0. The van der Waals surface area contributed by atoms with Gasteiger partial charge in [0.15, 0.2) is 0 Å². The molecule has 1 saturated heterocycles. The van der Waals surface area contributed by atoms with Crippen LogP contribution in [0.5, 0.6) is 17.2 Å². The molecule has 385 valence electrons. The molecule has 0 bridgehead atoms. The number of nitrogens with zero attached hydrogens (tertiary/aromatic N) is 6. The van der Waals surface area contributed by atoms with Crippen LogP contribution in [0.4, 0.5) is 0 Å². The molecule has 12 nitrogen and oxygen atoms in total. The van der Waals surface area contributed by atoms with E-state index in [1.807, 2.05) is 98.7 Å². The Morgan fingerprint density at radius 2 is 0.544 bits per heavy atom. The molecule has 0 unspecified atom stereocenters. The molecule has 1 aliphatic rings. The van der Waals surface area contributed by atoms with Crippen molar-refractivity contribution in [3.63, 3.8) is 0 Å². The third-order valence-electron chi connectivity index (χ3n) is 11.6. The number of likely N-dealkylation sites (N-methyl/N-ethyl adjacent to an activating group) is 3. The van der Waals surface area contributed by atoms with E-state index in [0.717, 1.165) is 33.4 Å². The minimum Gasteiger partial charge on any atom is -0.507 e. The summed E-state index contributed by atoms with van der Waals surface area (Å²) in [6.45, 7) is 44.7. The van der Waals surface area contributed by atoms with Gasteiger partial charge < -0.3 is 45.6 Å². The van der Waals surface area contributed by atoms with Crippen LogP contribution in [0.3, 0.4) is 0 Å². The van der Waals surface area contributed by atoms with Gasteiger partial charge in [-0.25, -0.2) is 0 Å². The SMILES string of the molecule is CC(C)(C)c1cc(C=NO)c(O)c(C(C)(C)C)c1.CC(C)(C)c1cc(C=NO)c(O)c(C(C)(C)C)c1.CC(C)(C)c1cc(C=NO)c(O)c(C(C)(C)C)c1.CN1CCN(C)CCN(C)CC1.[Fe+3].[Fe]. The molecule has 4 rings (SSSR count). The molecule has 0 atom stereocenters. The third kappa shape index (κ3) is 21.6. The van der Waals surface area contributed by atoms with E-state index in [4.69, 9.17) is 15.6 Å². The van der Waals surface area contributed by atoms with E-state index in [1.165, 1.54) is 57.9 Å². The van der Waals surface area contributed by atoms with Crippen LogP contribution >= 0.6 is 0 Å². The Labute approximate surface area is 432 Å². The zero-order valence-electron chi connectivity index (χ0n) is 45.5. The average molecular weight is 1030 g/mol. The number of phenols is 3. The van der Waals surface area contributed by atoms with Gasteiger partial charge in [-0.2, -0.15) is 0 Å². The first kappa shape index (κ1) is 66.5. The molecule has 0 aromatic heterocycles. The summed E-state index contributed by atoms with van der Waals surface area (Å²) in [5.74, 6) is 0.565. The smallest absolute Gasteiger partial charge is 0.507 e. The molecule has 1 fully saturated rings. The van der Waals surface area contributed by atoms with Crippen LogP contribution in [0, 0.1) is 0 Å². The van der Waals surface area contributed by atoms with Gasteiger partial charge in [-0.3, -0.25) is 0 Å². The van der Waals surface area contributed by atoms with E-state index in [0.29, 0.717) is 16.7 Å². The maximum Gasteiger partial charge on any atom is 3.00 e. The summed E-state index contributed by atoms with van der Waals surface area (Å²) in [6.07, 6.45) is 3.83. The first-order valence-corrected chi connectivity index (χ1v) is 23.1. The first-order chi connectivity index (χ1) is 29.9. The Bertz CT molecular complexity index is 1850. The van der Waals surface area contributed by atoms with E-state index >= 15 is 0 Å². The summed E-state index contributed by atoms with van der Waals surface area (Å²) in [5.41, 5.74) is 7.03. The molecule has 1 aliphatic heterocycles. The van der Waals surface area contributed by atoms with Crippen molar-refractivity contribution in [3.05, 3.63) is 86.5 Å². The van der Waals surface area contributed by atoms with Crippen LogP contribution in [0.1, 0.15) is 175 Å². The van der Waals surface area contributed by atoms with E-state index in [9.17, 15) is 15.3 Å². The predicted molar refractivity (Wildman–Crippen MR) is 277 cm³/mol. The van der Waals surface area contributed by atoms with Gasteiger partial charge in [0.2, 0.25) is 0 Å². The van der Waals surface area contributed by atoms with Crippen LogP contribution in [-0.2, 0) is 66.6 Å². The van der Waals surface area contributed by atoms with Gasteiger partial charge in [0.25, 0.3) is 0 Å². The normalized spacial score (nSPS) is 15.1. The van der Waals surface area contributed by atoms with Gasteiger partial charge in [-0.05, 0) is 88.5 Å². The Kier molecular flexibility index (Phi) is 26.5. The monoisotopic (exact) mass is 1030 g/mol. The van der Waals surface area contributed by atoms with Crippen LogP contribution < -0.4 is 0 Å². The molecule has 0 amide bonds. The maximum atomic E-state index is 10.2. The van der Waals surface area contributed by atoms with Crippen molar-refractivity contribution in [1.82, 2.24) is 14.7 Å². The first-order valence-electron chi connectivity index (χ1n) is 23.1. The van der Waals surface area contributed by atoms with Crippen LogP contribution in [-0.4, -0.2) is 125 Å². The molecule has 0 saturated carbocycles. The minimum absolute atomic E-state index is 0. The molecule has 6 N–H and O–H groups in total. The fraction of sp³-hybridized carbons (Fsp3) is 0.611. The van der Waals surface area contributed by atoms with E-state index < -0.39 is 0 Å². The van der Waals surface area contributed by atoms with Crippen molar-refractivity contribution in [3.8, 4) is 17.2 Å². The van der Waals surface area contributed by atoms with Gasteiger partial charge in [-0.15, -0.1) is 0 Å². The van der Waals surface area contributed by atoms with Crippen molar-refractivity contribution >= 4 is 18.6 Å². The number of phenolic OH excluding ortho intramolecular Hbond substituents is 3. The molecule has 0 aliphatic carbocycles. The fourth-order valence-electron chi connectivity index (χ4n) is 6.83. The summed E-state index contributed by atoms with van der Waals surface area (Å²) in [5, 5.41) is 65.9. The second-order valence-electron chi connectivity index (χ2n) is 24.0. The third-order valence-corrected chi connectivity index (χ3v) is 11.6. The molecular weight excluding hydrogens is 940 g/mol. The molecule has 1 radical (unpaired) electrons. The van der Waals surface area contributed by atoms with Crippen molar-refractivity contribution in [2.45, 2.75) is 157 Å². The zero-order valence-corrected chi connectivity index (χ0v) is 47.7. The van der Waals surface area contributed by atoms with E-state index in [1.54, 1.807) is 0 Å². The minimum atomic E-state index is -0.163. The quantitative estimate of drug-likeness (QED) is 0.0647. The molecular formula is C54H90Fe2N6O6+3. The predicted octanol–water partition coefficient (Wildman–Crippen LogP) is 11.2. The number of oxime groups is 3. The largest absolute Gasteiger partial charge is 3.00 e. The van der Waals surface area contributed by atoms with Crippen molar-refractivity contribution in [2.75, 3.05) is 60.4 Å². The molecule has 3 aromatic carbocycles. The van der Waals surface area contributed by atoms with Crippen LogP contribution in [0.25, 0.3) is 0 Å². The number of benzene rings is 3. The topological polar surface area (TPSA) is 168 Å². The van der Waals surface area contributed by atoms with Crippen molar-refractivity contribution in [2.24, 2.45) is 15.5 Å². The number of aromatic hydroxyl groups is 3. The Balaban J connectivity index is 0. The van der Waals surface area contributed by atoms with Crippen molar-refractivity contribution < 1.29 is 65.1 Å². The second kappa shape index (κ2) is 27.1. The number of rotatable bonds is 3. The van der Waals surface area contributed by atoms with Crippen molar-refractivity contribution in [1.29, 1.82) is 0 Å². The van der Waals surface area contributed by atoms with Gasteiger partial charge in [-0.1, -0.05) is 158 Å². The Hall–Kier alpha value is -3.61. The van der Waals surface area contributed by atoms with Gasteiger partial charge in [0, 0.05) is 89.7 Å². The van der Waals surface area contributed by atoms with Gasteiger partial charge in [0.05, 0.1) is 18.6 Å². The average Bonchev–Trinajstić information content (AvgIpc) is 3.22. The van der Waals surface area contributed by atoms with Crippen LogP contribution in [0.15, 0.2) is 51.9 Å². The molecule has 68 heavy (non-hydrogen) atoms. The summed E-state index contributed by atoms with van der Waals surface area (Å²) >= 11 is 0. The summed E-state index contributed by atoms with van der Waals surface area (Å²) in [7, 11) is 6.60. The molecule has 14 heteroatoms. The Morgan fingerprint density at radius 3 is 0.676 bits per heavy atom. The molecule has 0 spiro atoms. The zero-order chi connectivity index (χ0) is 51.4. The van der Waals surface area contributed by atoms with Gasteiger partial charge >= 0.3 is 17.1 Å². The maximum absolute atomic E-state index is 10.2. The van der Waals surface area contributed by atoms with Gasteiger partial charge in [0.1, 0.15) is 17.2 Å². The fourth-order valence-corrected chi connectivity index (χ4v) is 6.83.